The Balaban J connectivity index is 3.20. The van der Waals surface area contributed by atoms with Gasteiger partial charge in [-0.1, -0.05) is 19.8 Å². The fraction of sp³-hybridized carbons (Fsp3) is 0.857. The van der Waals surface area contributed by atoms with E-state index < -0.39 is 0 Å². The minimum absolute atomic E-state index is 0.0510. The summed E-state index contributed by atoms with van der Waals surface area (Å²) in [6, 6.07) is -0.0510. The summed E-state index contributed by atoms with van der Waals surface area (Å²) in [4.78, 5) is 10.1. The van der Waals surface area contributed by atoms with Gasteiger partial charge in [-0.2, -0.15) is 0 Å². The van der Waals surface area contributed by atoms with Crippen molar-refractivity contribution >= 4 is 6.29 Å². The Hall–Kier alpha value is -0.370. The van der Waals surface area contributed by atoms with E-state index in [2.05, 4.69) is 12.2 Å². The molecule has 0 saturated heterocycles. The summed E-state index contributed by atoms with van der Waals surface area (Å²) in [5.74, 6) is 0. The highest BCUT2D eigenvalue weighted by atomic mass is 16.1. The van der Waals surface area contributed by atoms with E-state index in [0.29, 0.717) is 0 Å². The number of hydrogen-bond donors (Lipinski definition) is 1. The van der Waals surface area contributed by atoms with Crippen LogP contribution in [0.3, 0.4) is 0 Å². The van der Waals surface area contributed by atoms with E-state index in [1.165, 1.54) is 0 Å². The number of unbranched alkanes of at least 4 members (excludes halogenated alkanes) is 1. The molecule has 0 aromatic rings. The van der Waals surface area contributed by atoms with Crippen LogP contribution in [0.4, 0.5) is 0 Å². The van der Waals surface area contributed by atoms with Gasteiger partial charge in [-0.3, -0.25) is 4.79 Å². The summed E-state index contributed by atoms with van der Waals surface area (Å²) in [7, 11) is 1.78. The minimum Gasteiger partial charge on any atom is -0.310 e. The van der Waals surface area contributed by atoms with Crippen LogP contribution in [0, 0.1) is 0 Å². The second-order valence-electron chi connectivity index (χ2n) is 2.10. The zero-order valence-electron chi connectivity index (χ0n) is 6.11. The summed E-state index contributed by atoms with van der Waals surface area (Å²) in [5.41, 5.74) is 0. The molecular formula is C7H14NO. The van der Waals surface area contributed by atoms with E-state index in [4.69, 9.17) is 0 Å². The first-order valence-electron chi connectivity index (χ1n) is 3.40. The average molecular weight is 128 g/mol. The largest absolute Gasteiger partial charge is 0.310 e. The van der Waals surface area contributed by atoms with Crippen molar-refractivity contribution in [3.63, 3.8) is 0 Å². The third-order valence-electron chi connectivity index (χ3n) is 1.34. The van der Waals surface area contributed by atoms with Crippen LogP contribution in [-0.4, -0.2) is 19.4 Å². The van der Waals surface area contributed by atoms with Crippen LogP contribution in [0.5, 0.6) is 0 Å². The molecule has 0 aliphatic heterocycles. The average Bonchev–Trinajstić information content (AvgIpc) is 1.91. The smallest absolute Gasteiger partial charge is 0.216 e. The lowest BCUT2D eigenvalue weighted by Crippen LogP contribution is -2.26. The number of carbonyl (C=O) groups excluding carboxylic acids is 1. The Morgan fingerprint density at radius 3 is 2.67 bits per heavy atom. The van der Waals surface area contributed by atoms with E-state index >= 15 is 0 Å². The van der Waals surface area contributed by atoms with Gasteiger partial charge >= 0.3 is 0 Å². The van der Waals surface area contributed by atoms with Crippen molar-refractivity contribution < 1.29 is 4.79 Å². The maximum absolute atomic E-state index is 10.1. The standard InChI is InChI=1S/C7H14NO/c1-3-4-5-7(6-9)8-2/h7-8H,3-5H2,1-2H3/t7-/m0/s1. The van der Waals surface area contributed by atoms with Crippen molar-refractivity contribution in [2.75, 3.05) is 7.05 Å². The Kier molecular flexibility index (Phi) is 5.52. The van der Waals surface area contributed by atoms with E-state index in [0.717, 1.165) is 19.3 Å². The number of likely N-dealkylation sites (N-methyl/N-ethyl adjacent to an activating group) is 1. The molecule has 2 heteroatoms. The SMILES string of the molecule is CCCC[C@@H]([C]=O)NC. The molecule has 9 heavy (non-hydrogen) atoms. The molecule has 0 bridgehead atoms. The fourth-order valence-electron chi connectivity index (χ4n) is 0.670. The Bertz CT molecular complexity index is 73.3. The van der Waals surface area contributed by atoms with Gasteiger partial charge in [-0.15, -0.1) is 0 Å². The lowest BCUT2D eigenvalue weighted by Gasteiger charge is -2.04. The number of nitrogens with one attached hydrogen (secondary N) is 1. The first kappa shape index (κ1) is 8.63. The second-order valence-corrected chi connectivity index (χ2v) is 2.10. The van der Waals surface area contributed by atoms with Crippen molar-refractivity contribution in [3.05, 3.63) is 0 Å². The van der Waals surface area contributed by atoms with Crippen molar-refractivity contribution in [1.82, 2.24) is 5.32 Å². The Labute approximate surface area is 56.6 Å². The van der Waals surface area contributed by atoms with Gasteiger partial charge in [0, 0.05) is 0 Å². The van der Waals surface area contributed by atoms with Crippen LogP contribution in [0.25, 0.3) is 0 Å². The number of rotatable bonds is 5. The molecule has 0 aromatic heterocycles. The molecule has 2 nitrogen and oxygen atoms in total. The first-order chi connectivity index (χ1) is 4.35. The Morgan fingerprint density at radius 2 is 2.33 bits per heavy atom. The van der Waals surface area contributed by atoms with Crippen LogP contribution in [0.1, 0.15) is 26.2 Å². The van der Waals surface area contributed by atoms with Crippen molar-refractivity contribution in [3.8, 4) is 0 Å². The molecule has 1 N–H and O–H groups in total. The highest BCUT2D eigenvalue weighted by molar-refractivity contribution is 5.58. The molecule has 0 heterocycles. The van der Waals surface area contributed by atoms with Crippen LogP contribution in [0.15, 0.2) is 0 Å². The Morgan fingerprint density at radius 1 is 1.67 bits per heavy atom. The lowest BCUT2D eigenvalue weighted by molar-refractivity contribution is 0.509. The maximum atomic E-state index is 10.1. The van der Waals surface area contributed by atoms with Gasteiger partial charge in [0.1, 0.15) is 0 Å². The van der Waals surface area contributed by atoms with Gasteiger partial charge in [0.25, 0.3) is 0 Å². The minimum atomic E-state index is -0.0510. The summed E-state index contributed by atoms with van der Waals surface area (Å²) >= 11 is 0. The molecule has 0 unspecified atom stereocenters. The van der Waals surface area contributed by atoms with Gasteiger partial charge in [0.2, 0.25) is 6.29 Å². The number of hydrogen-bond acceptors (Lipinski definition) is 2. The summed E-state index contributed by atoms with van der Waals surface area (Å²) in [6.07, 6.45) is 5.08. The molecule has 0 aliphatic rings. The molecule has 0 amide bonds. The van der Waals surface area contributed by atoms with Gasteiger partial charge in [0.15, 0.2) is 0 Å². The highest BCUT2D eigenvalue weighted by Gasteiger charge is 2.01. The molecule has 0 aromatic carbocycles. The fourth-order valence-corrected chi connectivity index (χ4v) is 0.670. The van der Waals surface area contributed by atoms with Crippen LogP contribution in [0.2, 0.25) is 0 Å². The predicted molar refractivity (Wildman–Crippen MR) is 38.1 cm³/mol. The summed E-state index contributed by atoms with van der Waals surface area (Å²) in [6.45, 7) is 2.11. The quantitative estimate of drug-likeness (QED) is 0.595. The highest BCUT2D eigenvalue weighted by Crippen LogP contribution is 1.96. The zero-order valence-corrected chi connectivity index (χ0v) is 6.11. The molecule has 0 saturated carbocycles. The molecule has 1 atom stereocenters. The van der Waals surface area contributed by atoms with Crippen LogP contribution < -0.4 is 5.32 Å². The van der Waals surface area contributed by atoms with E-state index in [1.807, 2.05) is 6.29 Å². The molecule has 1 radical (unpaired) electrons. The van der Waals surface area contributed by atoms with Crippen LogP contribution in [-0.2, 0) is 4.79 Å². The van der Waals surface area contributed by atoms with Gasteiger partial charge in [-0.25, -0.2) is 0 Å². The van der Waals surface area contributed by atoms with Gasteiger partial charge in [-0.05, 0) is 13.5 Å². The molecule has 0 fully saturated rings. The molecule has 0 aliphatic carbocycles. The van der Waals surface area contributed by atoms with E-state index in [9.17, 15) is 4.79 Å². The monoisotopic (exact) mass is 128 g/mol. The molecule has 53 valence electrons. The first-order valence-corrected chi connectivity index (χ1v) is 3.40. The lowest BCUT2D eigenvalue weighted by atomic mass is 10.1. The molecular weight excluding hydrogens is 114 g/mol. The van der Waals surface area contributed by atoms with Crippen molar-refractivity contribution in [2.45, 2.75) is 32.2 Å². The molecule has 0 rings (SSSR count). The molecule has 0 spiro atoms. The topological polar surface area (TPSA) is 29.1 Å². The maximum Gasteiger partial charge on any atom is 0.216 e. The van der Waals surface area contributed by atoms with Gasteiger partial charge in [0.05, 0.1) is 6.04 Å². The summed E-state index contributed by atoms with van der Waals surface area (Å²) in [5, 5.41) is 2.86. The zero-order chi connectivity index (χ0) is 7.11. The summed E-state index contributed by atoms with van der Waals surface area (Å²) < 4.78 is 0. The predicted octanol–water partition coefficient (Wildman–Crippen LogP) is 0.874. The van der Waals surface area contributed by atoms with Gasteiger partial charge < -0.3 is 5.32 Å². The van der Waals surface area contributed by atoms with E-state index in [-0.39, 0.29) is 6.04 Å². The van der Waals surface area contributed by atoms with Crippen molar-refractivity contribution in [1.29, 1.82) is 0 Å². The van der Waals surface area contributed by atoms with Crippen molar-refractivity contribution in [2.24, 2.45) is 0 Å². The van der Waals surface area contributed by atoms with E-state index in [1.54, 1.807) is 7.05 Å². The normalized spacial score (nSPS) is 13.1. The third kappa shape index (κ3) is 4.15. The third-order valence-corrected chi connectivity index (χ3v) is 1.34. The second kappa shape index (κ2) is 5.76. The van der Waals surface area contributed by atoms with Crippen LogP contribution >= 0.6 is 0 Å².